The highest BCUT2D eigenvalue weighted by molar-refractivity contribution is 5.68. The number of hydrogen-bond acceptors (Lipinski definition) is 0. The molecule has 0 radical (unpaired) electrons. The molecule has 0 nitrogen and oxygen atoms in total. The van der Waals surface area contributed by atoms with Crippen molar-refractivity contribution in [3.63, 3.8) is 0 Å². The number of allylic oxidation sites excluding steroid dienone is 1. The Morgan fingerprint density at radius 3 is 2.41 bits per heavy atom. The van der Waals surface area contributed by atoms with Gasteiger partial charge in [-0.3, -0.25) is 0 Å². The predicted molar refractivity (Wildman–Crippen MR) is 87.6 cm³/mol. The Kier molecular flexibility index (Phi) is 4.78. The van der Waals surface area contributed by atoms with Crippen molar-refractivity contribution in [2.75, 3.05) is 0 Å². The quantitative estimate of drug-likeness (QED) is 0.686. The molecule has 0 bridgehead atoms. The average Bonchev–Trinajstić information content (AvgIpc) is 2.50. The Hall–Kier alpha value is -2.40. The molecule has 2 aromatic rings. The van der Waals surface area contributed by atoms with Gasteiger partial charge in [0, 0.05) is 17.5 Å². The van der Waals surface area contributed by atoms with Crippen LogP contribution in [0.25, 0.3) is 5.57 Å². The van der Waals surface area contributed by atoms with Gasteiger partial charge in [0.1, 0.15) is 11.6 Å². The summed E-state index contributed by atoms with van der Waals surface area (Å²) in [5.74, 6) is 1.91. The third kappa shape index (κ3) is 2.94. The average molecular weight is 296 g/mol. The summed E-state index contributed by atoms with van der Waals surface area (Å²) < 4.78 is 28.1. The molecule has 0 unspecified atom stereocenters. The summed E-state index contributed by atoms with van der Waals surface area (Å²) >= 11 is 0. The molecule has 0 N–H and O–H groups in total. The van der Waals surface area contributed by atoms with Crippen LogP contribution in [0.15, 0.2) is 36.9 Å². The predicted octanol–water partition coefficient (Wildman–Crippen LogP) is 5.13. The molecule has 0 saturated heterocycles. The van der Waals surface area contributed by atoms with E-state index in [-0.39, 0.29) is 11.6 Å². The Labute approximate surface area is 130 Å². The zero-order valence-corrected chi connectivity index (χ0v) is 12.8. The van der Waals surface area contributed by atoms with Crippen LogP contribution in [0.3, 0.4) is 0 Å². The summed E-state index contributed by atoms with van der Waals surface area (Å²) in [5, 5.41) is 0. The van der Waals surface area contributed by atoms with Gasteiger partial charge in [0.05, 0.1) is 0 Å². The van der Waals surface area contributed by atoms with Gasteiger partial charge in [-0.25, -0.2) is 8.78 Å². The summed E-state index contributed by atoms with van der Waals surface area (Å²) in [6.07, 6.45) is 6.33. The Morgan fingerprint density at radius 2 is 1.82 bits per heavy atom. The van der Waals surface area contributed by atoms with Crippen molar-refractivity contribution in [2.24, 2.45) is 0 Å². The van der Waals surface area contributed by atoms with Crippen molar-refractivity contribution in [1.29, 1.82) is 0 Å². The standard InChI is InChI=1S/C20H18F2/c1-5-14-8-7-9-18(21)17(14)12-15-10-11-19(22)16(6-2)20(15)13(3)4/h1,7-11H,3,6,12H2,2,4H3. The smallest absolute Gasteiger partial charge is 0.127 e. The third-order valence-electron chi connectivity index (χ3n) is 3.76. The van der Waals surface area contributed by atoms with E-state index in [9.17, 15) is 8.78 Å². The summed E-state index contributed by atoms with van der Waals surface area (Å²) in [7, 11) is 0. The molecule has 0 saturated carbocycles. The van der Waals surface area contributed by atoms with E-state index in [1.807, 2.05) is 13.8 Å². The molecule has 0 atom stereocenters. The van der Waals surface area contributed by atoms with Crippen LogP contribution in [0.1, 0.15) is 41.7 Å². The van der Waals surface area contributed by atoms with Gasteiger partial charge in [0.15, 0.2) is 0 Å². The maximum absolute atomic E-state index is 14.1. The maximum atomic E-state index is 14.1. The molecule has 2 heteroatoms. The number of terminal acetylenes is 1. The van der Waals surface area contributed by atoms with Gasteiger partial charge >= 0.3 is 0 Å². The molecule has 2 rings (SSSR count). The van der Waals surface area contributed by atoms with Crippen molar-refractivity contribution >= 4 is 5.57 Å². The lowest BCUT2D eigenvalue weighted by Gasteiger charge is -2.16. The second-order valence-electron chi connectivity index (χ2n) is 5.28. The summed E-state index contributed by atoms with van der Waals surface area (Å²) in [4.78, 5) is 0. The van der Waals surface area contributed by atoms with Crippen molar-refractivity contribution in [2.45, 2.75) is 26.7 Å². The zero-order valence-electron chi connectivity index (χ0n) is 12.8. The summed E-state index contributed by atoms with van der Waals surface area (Å²) in [6.45, 7) is 7.67. The molecule has 112 valence electrons. The van der Waals surface area contributed by atoms with Crippen molar-refractivity contribution in [3.05, 3.63) is 76.4 Å². The Morgan fingerprint density at radius 1 is 1.14 bits per heavy atom. The van der Waals surface area contributed by atoms with Crippen molar-refractivity contribution in [1.82, 2.24) is 0 Å². The van der Waals surface area contributed by atoms with Crippen LogP contribution in [-0.2, 0) is 12.8 Å². The van der Waals surface area contributed by atoms with Crippen LogP contribution in [0.5, 0.6) is 0 Å². The second kappa shape index (κ2) is 6.58. The fourth-order valence-corrected chi connectivity index (χ4v) is 2.76. The van der Waals surface area contributed by atoms with Crippen LogP contribution < -0.4 is 0 Å². The first kappa shape index (κ1) is 16.0. The molecular weight excluding hydrogens is 278 g/mol. The minimum Gasteiger partial charge on any atom is -0.207 e. The fraction of sp³-hybridized carbons (Fsp3) is 0.200. The van der Waals surface area contributed by atoms with Crippen LogP contribution in [0.2, 0.25) is 0 Å². The third-order valence-corrected chi connectivity index (χ3v) is 3.76. The van der Waals surface area contributed by atoms with Gasteiger partial charge < -0.3 is 0 Å². The molecule has 0 heterocycles. The Bertz CT molecular complexity index is 764. The largest absolute Gasteiger partial charge is 0.207 e. The molecule has 2 aromatic carbocycles. The van der Waals surface area contributed by atoms with E-state index >= 15 is 0 Å². The van der Waals surface area contributed by atoms with Crippen LogP contribution in [0, 0.1) is 24.0 Å². The topological polar surface area (TPSA) is 0 Å². The lowest BCUT2D eigenvalue weighted by atomic mass is 9.89. The minimum absolute atomic E-state index is 0.255. The van der Waals surface area contributed by atoms with E-state index in [0.717, 1.165) is 16.7 Å². The van der Waals surface area contributed by atoms with E-state index in [0.29, 0.717) is 29.5 Å². The van der Waals surface area contributed by atoms with Crippen molar-refractivity contribution < 1.29 is 8.78 Å². The first-order valence-electron chi connectivity index (χ1n) is 7.19. The van der Waals surface area contributed by atoms with Crippen LogP contribution >= 0.6 is 0 Å². The summed E-state index contributed by atoms with van der Waals surface area (Å²) in [6, 6.07) is 7.81. The molecule has 0 aromatic heterocycles. The zero-order chi connectivity index (χ0) is 16.3. The number of rotatable bonds is 4. The van der Waals surface area contributed by atoms with E-state index in [4.69, 9.17) is 6.42 Å². The fourth-order valence-electron chi connectivity index (χ4n) is 2.76. The lowest BCUT2D eigenvalue weighted by Crippen LogP contribution is -2.04. The van der Waals surface area contributed by atoms with Gasteiger partial charge in [0.2, 0.25) is 0 Å². The van der Waals surface area contributed by atoms with Crippen molar-refractivity contribution in [3.8, 4) is 12.3 Å². The first-order valence-corrected chi connectivity index (χ1v) is 7.19. The summed E-state index contributed by atoms with van der Waals surface area (Å²) in [5.41, 5.74) is 3.98. The maximum Gasteiger partial charge on any atom is 0.127 e. The normalized spacial score (nSPS) is 10.3. The highest BCUT2D eigenvalue weighted by Gasteiger charge is 2.16. The molecule has 0 aliphatic carbocycles. The van der Waals surface area contributed by atoms with Gasteiger partial charge in [-0.05, 0) is 48.2 Å². The van der Waals surface area contributed by atoms with Gasteiger partial charge in [-0.2, -0.15) is 0 Å². The number of benzene rings is 2. The molecule has 22 heavy (non-hydrogen) atoms. The van der Waals surface area contributed by atoms with E-state index in [1.165, 1.54) is 12.1 Å². The monoisotopic (exact) mass is 296 g/mol. The van der Waals surface area contributed by atoms with Crippen LogP contribution in [-0.4, -0.2) is 0 Å². The van der Waals surface area contributed by atoms with Gasteiger partial charge in [-0.15, -0.1) is 6.42 Å². The van der Waals surface area contributed by atoms with E-state index in [1.54, 1.807) is 18.2 Å². The highest BCUT2D eigenvalue weighted by Crippen LogP contribution is 2.28. The van der Waals surface area contributed by atoms with E-state index < -0.39 is 0 Å². The highest BCUT2D eigenvalue weighted by atomic mass is 19.1. The molecular formula is C20H18F2. The molecule has 0 spiro atoms. The molecule has 0 fully saturated rings. The SMILES string of the molecule is C#Cc1cccc(F)c1Cc1ccc(F)c(CC)c1C(=C)C. The molecule has 0 aliphatic heterocycles. The van der Waals surface area contributed by atoms with E-state index in [2.05, 4.69) is 12.5 Å². The Balaban J connectivity index is 2.61. The number of hydrogen-bond donors (Lipinski definition) is 0. The minimum atomic E-state index is -0.342. The molecule has 0 amide bonds. The van der Waals surface area contributed by atoms with Gasteiger partial charge in [0.25, 0.3) is 0 Å². The second-order valence-corrected chi connectivity index (χ2v) is 5.28. The number of halogens is 2. The lowest BCUT2D eigenvalue weighted by molar-refractivity contribution is 0.607. The van der Waals surface area contributed by atoms with Gasteiger partial charge in [-0.1, -0.05) is 37.1 Å². The first-order chi connectivity index (χ1) is 10.5. The van der Waals surface area contributed by atoms with Crippen LogP contribution in [0.4, 0.5) is 8.78 Å². The molecule has 0 aliphatic rings.